The molecule has 1 aromatic rings. The Morgan fingerprint density at radius 1 is 1.37 bits per heavy atom. The molecule has 2 rings (SSSR count). The number of nitrogens with one attached hydrogen (secondary N) is 1. The van der Waals surface area contributed by atoms with Crippen LogP contribution in [0.3, 0.4) is 0 Å². The van der Waals surface area contributed by atoms with Gasteiger partial charge in [-0.05, 0) is 12.8 Å². The van der Waals surface area contributed by atoms with Crippen molar-refractivity contribution in [2.75, 3.05) is 27.4 Å². The third kappa shape index (κ3) is 3.20. The molecule has 1 saturated carbocycles. The van der Waals surface area contributed by atoms with Gasteiger partial charge in [-0.3, -0.25) is 4.79 Å². The van der Waals surface area contributed by atoms with Gasteiger partial charge < -0.3 is 14.8 Å². The average molecular weight is 265 g/mol. The maximum atomic E-state index is 12.0. The van der Waals surface area contributed by atoms with Crippen molar-refractivity contribution in [1.29, 1.82) is 0 Å². The van der Waals surface area contributed by atoms with E-state index in [1.807, 2.05) is 0 Å². The minimum atomic E-state index is -0.162. The van der Waals surface area contributed by atoms with Gasteiger partial charge in [0.25, 0.3) is 5.91 Å². The molecule has 1 aliphatic rings. The highest BCUT2D eigenvalue weighted by molar-refractivity contribution is 5.93. The SMILES string of the molecule is COCC1(CNC(=O)c2cnc(OC)nc2)CCC1. The second kappa shape index (κ2) is 5.97. The Balaban J connectivity index is 1.89. The second-order valence-corrected chi connectivity index (χ2v) is 4.93. The van der Waals surface area contributed by atoms with Gasteiger partial charge in [-0.2, -0.15) is 0 Å². The molecule has 1 fully saturated rings. The van der Waals surface area contributed by atoms with E-state index in [1.54, 1.807) is 7.11 Å². The van der Waals surface area contributed by atoms with Gasteiger partial charge in [0.1, 0.15) is 0 Å². The Labute approximate surface area is 112 Å². The summed E-state index contributed by atoms with van der Waals surface area (Å²) in [5.41, 5.74) is 0.547. The molecule has 1 N–H and O–H groups in total. The van der Waals surface area contributed by atoms with Gasteiger partial charge in [-0.15, -0.1) is 0 Å². The summed E-state index contributed by atoms with van der Waals surface area (Å²) in [5, 5.41) is 2.92. The van der Waals surface area contributed by atoms with E-state index in [2.05, 4.69) is 15.3 Å². The number of hydrogen-bond acceptors (Lipinski definition) is 5. The molecule has 0 saturated heterocycles. The molecule has 0 bridgehead atoms. The predicted octanol–water partition coefficient (Wildman–Crippen LogP) is 1.03. The third-order valence-electron chi connectivity index (χ3n) is 3.56. The summed E-state index contributed by atoms with van der Waals surface area (Å²) in [6.45, 7) is 1.32. The Bertz CT molecular complexity index is 429. The fraction of sp³-hybridized carbons (Fsp3) is 0.615. The number of methoxy groups -OCH3 is 2. The Hall–Kier alpha value is -1.69. The average Bonchev–Trinajstić information content (AvgIpc) is 2.41. The summed E-state index contributed by atoms with van der Waals surface area (Å²) >= 11 is 0. The second-order valence-electron chi connectivity index (χ2n) is 4.93. The van der Waals surface area contributed by atoms with Crippen molar-refractivity contribution < 1.29 is 14.3 Å². The van der Waals surface area contributed by atoms with Gasteiger partial charge >= 0.3 is 6.01 Å². The minimum absolute atomic E-state index is 0.109. The van der Waals surface area contributed by atoms with Crippen LogP contribution in [-0.2, 0) is 4.74 Å². The highest BCUT2D eigenvalue weighted by atomic mass is 16.5. The lowest BCUT2D eigenvalue weighted by atomic mass is 9.69. The van der Waals surface area contributed by atoms with Crippen molar-refractivity contribution >= 4 is 5.91 Å². The van der Waals surface area contributed by atoms with Crippen molar-refractivity contribution in [2.24, 2.45) is 5.41 Å². The van der Waals surface area contributed by atoms with Gasteiger partial charge in [-0.1, -0.05) is 6.42 Å². The topological polar surface area (TPSA) is 73.3 Å². The predicted molar refractivity (Wildman–Crippen MR) is 69.1 cm³/mol. The number of nitrogens with zero attached hydrogens (tertiary/aromatic N) is 2. The maximum absolute atomic E-state index is 12.0. The molecule has 1 heterocycles. The van der Waals surface area contributed by atoms with Crippen LogP contribution in [0.15, 0.2) is 12.4 Å². The van der Waals surface area contributed by atoms with E-state index < -0.39 is 0 Å². The van der Waals surface area contributed by atoms with Crippen LogP contribution in [0.1, 0.15) is 29.6 Å². The van der Waals surface area contributed by atoms with Crippen LogP contribution in [0, 0.1) is 5.41 Å². The lowest BCUT2D eigenvalue weighted by Gasteiger charge is -2.41. The van der Waals surface area contributed by atoms with Crippen molar-refractivity contribution in [3.8, 4) is 6.01 Å². The van der Waals surface area contributed by atoms with Gasteiger partial charge in [0.05, 0.1) is 19.3 Å². The summed E-state index contributed by atoms with van der Waals surface area (Å²) in [6.07, 6.45) is 6.32. The largest absolute Gasteiger partial charge is 0.467 e. The lowest BCUT2D eigenvalue weighted by molar-refractivity contribution is 0.0180. The smallest absolute Gasteiger partial charge is 0.316 e. The fourth-order valence-corrected chi connectivity index (χ4v) is 2.26. The molecule has 6 heteroatoms. The van der Waals surface area contributed by atoms with E-state index in [0.717, 1.165) is 12.8 Å². The number of hydrogen-bond donors (Lipinski definition) is 1. The molecule has 0 aliphatic heterocycles. The number of aromatic nitrogens is 2. The van der Waals surface area contributed by atoms with E-state index in [9.17, 15) is 4.79 Å². The van der Waals surface area contributed by atoms with E-state index in [4.69, 9.17) is 9.47 Å². The summed E-state index contributed by atoms with van der Waals surface area (Å²) in [6, 6.07) is 0.256. The van der Waals surface area contributed by atoms with Gasteiger partial charge in [0.2, 0.25) is 0 Å². The van der Waals surface area contributed by atoms with Crippen LogP contribution in [0.4, 0.5) is 0 Å². The molecule has 1 aromatic heterocycles. The first-order valence-electron chi connectivity index (χ1n) is 6.32. The Morgan fingerprint density at radius 3 is 2.53 bits per heavy atom. The van der Waals surface area contributed by atoms with E-state index in [0.29, 0.717) is 18.7 Å². The van der Waals surface area contributed by atoms with Crippen molar-refractivity contribution in [3.05, 3.63) is 18.0 Å². The lowest BCUT2D eigenvalue weighted by Crippen LogP contribution is -2.45. The van der Waals surface area contributed by atoms with Gasteiger partial charge in [0, 0.05) is 31.5 Å². The fourth-order valence-electron chi connectivity index (χ4n) is 2.26. The van der Waals surface area contributed by atoms with Crippen LogP contribution in [-0.4, -0.2) is 43.2 Å². The highest BCUT2D eigenvalue weighted by Gasteiger charge is 2.37. The molecular weight excluding hydrogens is 246 g/mol. The van der Waals surface area contributed by atoms with Gasteiger partial charge in [0.15, 0.2) is 0 Å². The number of ether oxygens (including phenoxy) is 2. The van der Waals surface area contributed by atoms with Crippen molar-refractivity contribution in [3.63, 3.8) is 0 Å². The molecule has 104 valence electrons. The monoisotopic (exact) mass is 265 g/mol. The summed E-state index contributed by atoms with van der Waals surface area (Å²) in [4.78, 5) is 19.8. The Morgan fingerprint density at radius 2 is 2.05 bits per heavy atom. The minimum Gasteiger partial charge on any atom is -0.467 e. The molecule has 1 amide bonds. The summed E-state index contributed by atoms with van der Waals surface area (Å²) in [7, 11) is 3.18. The maximum Gasteiger partial charge on any atom is 0.316 e. The normalized spacial score (nSPS) is 16.5. The highest BCUT2D eigenvalue weighted by Crippen LogP contribution is 2.40. The zero-order valence-electron chi connectivity index (χ0n) is 11.3. The molecule has 19 heavy (non-hydrogen) atoms. The van der Waals surface area contributed by atoms with Crippen LogP contribution in [0.5, 0.6) is 6.01 Å². The Kier molecular flexibility index (Phi) is 4.31. The third-order valence-corrected chi connectivity index (χ3v) is 3.56. The summed E-state index contributed by atoms with van der Waals surface area (Å²) < 4.78 is 10.1. The van der Waals surface area contributed by atoms with E-state index in [1.165, 1.54) is 25.9 Å². The quantitative estimate of drug-likeness (QED) is 0.831. The molecule has 0 radical (unpaired) electrons. The first-order valence-corrected chi connectivity index (χ1v) is 6.32. The molecule has 0 unspecified atom stereocenters. The van der Waals surface area contributed by atoms with Crippen molar-refractivity contribution in [1.82, 2.24) is 15.3 Å². The van der Waals surface area contributed by atoms with Crippen molar-refractivity contribution in [2.45, 2.75) is 19.3 Å². The number of amides is 1. The standard InChI is InChI=1S/C13H19N3O3/c1-18-9-13(4-3-5-13)8-16-11(17)10-6-14-12(19-2)15-7-10/h6-7H,3-5,8-9H2,1-2H3,(H,16,17). The van der Waals surface area contributed by atoms with Crippen LogP contribution < -0.4 is 10.1 Å². The molecule has 0 atom stereocenters. The first-order chi connectivity index (χ1) is 9.19. The molecule has 6 nitrogen and oxygen atoms in total. The van der Waals surface area contributed by atoms with Gasteiger partial charge in [-0.25, -0.2) is 9.97 Å². The summed E-state index contributed by atoms with van der Waals surface area (Å²) in [5.74, 6) is -0.162. The molecule has 0 aromatic carbocycles. The first kappa shape index (κ1) is 13.7. The van der Waals surface area contributed by atoms with E-state index >= 15 is 0 Å². The zero-order valence-corrected chi connectivity index (χ0v) is 11.3. The number of carbonyl (C=O) groups excluding carboxylic acids is 1. The van der Waals surface area contributed by atoms with Crippen LogP contribution in [0.25, 0.3) is 0 Å². The molecule has 0 spiro atoms. The number of carbonyl (C=O) groups is 1. The van der Waals surface area contributed by atoms with Crippen LogP contribution in [0.2, 0.25) is 0 Å². The zero-order chi connectivity index (χ0) is 13.7. The number of rotatable bonds is 6. The molecular formula is C13H19N3O3. The van der Waals surface area contributed by atoms with Crippen LogP contribution >= 0.6 is 0 Å². The van der Waals surface area contributed by atoms with E-state index in [-0.39, 0.29) is 17.3 Å². The molecule has 1 aliphatic carbocycles.